The zero-order chi connectivity index (χ0) is 14.9. The molecule has 2 rings (SSSR count). The van der Waals surface area contributed by atoms with Gasteiger partial charge in [0.1, 0.15) is 11.6 Å². The van der Waals surface area contributed by atoms with E-state index in [1.807, 2.05) is 0 Å². The van der Waals surface area contributed by atoms with Crippen molar-refractivity contribution < 1.29 is 14.0 Å². The summed E-state index contributed by atoms with van der Waals surface area (Å²) < 4.78 is 13.0. The lowest BCUT2D eigenvalue weighted by atomic mass is 9.60. The Balaban J connectivity index is 2.31. The molecule has 0 radical (unpaired) electrons. The van der Waals surface area contributed by atoms with Gasteiger partial charge >= 0.3 is 0 Å². The number of rotatable bonds is 3. The lowest BCUT2D eigenvalue weighted by molar-refractivity contribution is -0.127. The minimum Gasteiger partial charge on any atom is -0.300 e. The van der Waals surface area contributed by atoms with Crippen molar-refractivity contribution in [1.82, 2.24) is 0 Å². The molecular formula is C17H21FO2. The molecule has 0 saturated heterocycles. The van der Waals surface area contributed by atoms with Crippen molar-refractivity contribution in [2.75, 3.05) is 0 Å². The van der Waals surface area contributed by atoms with E-state index in [0.29, 0.717) is 5.56 Å². The predicted octanol–water partition coefficient (Wildman–Crippen LogP) is 4.04. The molecule has 1 aromatic rings. The number of hydrogen-bond donors (Lipinski definition) is 0. The molecule has 1 fully saturated rings. The van der Waals surface area contributed by atoms with Crippen LogP contribution in [-0.4, -0.2) is 11.6 Å². The number of Topliss-reactive ketones (excluding diaryl/α,β-unsaturated/α-hetero) is 2. The number of carbonyl (C=O) groups excluding carboxylic acids is 2. The van der Waals surface area contributed by atoms with Crippen LogP contribution in [0.5, 0.6) is 0 Å². The quantitative estimate of drug-likeness (QED) is 0.781. The zero-order valence-electron chi connectivity index (χ0n) is 12.3. The van der Waals surface area contributed by atoms with E-state index in [4.69, 9.17) is 0 Å². The van der Waals surface area contributed by atoms with Crippen molar-refractivity contribution in [2.45, 2.75) is 40.0 Å². The summed E-state index contributed by atoms with van der Waals surface area (Å²) >= 11 is 0. The molecule has 108 valence electrons. The molecule has 1 aromatic carbocycles. The molecule has 20 heavy (non-hydrogen) atoms. The minimum absolute atomic E-state index is 0.0297. The Morgan fingerprint density at radius 2 is 1.80 bits per heavy atom. The average Bonchev–Trinajstić information content (AvgIpc) is 2.36. The van der Waals surface area contributed by atoms with Crippen molar-refractivity contribution >= 4 is 11.6 Å². The van der Waals surface area contributed by atoms with Crippen LogP contribution >= 0.6 is 0 Å². The van der Waals surface area contributed by atoms with Crippen LogP contribution in [-0.2, 0) is 4.79 Å². The summed E-state index contributed by atoms with van der Waals surface area (Å²) in [6.45, 7) is 5.69. The molecule has 0 spiro atoms. The Hall–Kier alpha value is -1.51. The standard InChI is InChI=1S/C17H21FO2/c1-11(19)15-14(5-4-10-17(15,2)3)16(20)12-6-8-13(18)9-7-12/h6-9,14-15H,4-5,10H2,1-3H3/t14?,15-/m0/s1. The molecule has 0 aliphatic heterocycles. The smallest absolute Gasteiger partial charge is 0.166 e. The first-order chi connectivity index (χ1) is 9.33. The second-order valence-corrected chi connectivity index (χ2v) is 6.45. The van der Waals surface area contributed by atoms with E-state index in [1.54, 1.807) is 6.92 Å². The van der Waals surface area contributed by atoms with E-state index in [2.05, 4.69) is 13.8 Å². The van der Waals surface area contributed by atoms with Gasteiger partial charge in [-0.05, 0) is 49.4 Å². The second kappa shape index (κ2) is 5.47. The fourth-order valence-corrected chi connectivity index (χ4v) is 3.59. The Kier molecular flexibility index (Phi) is 4.07. The Bertz CT molecular complexity index is 516. The van der Waals surface area contributed by atoms with E-state index in [0.717, 1.165) is 19.3 Å². The summed E-state index contributed by atoms with van der Waals surface area (Å²) in [4.78, 5) is 24.6. The molecule has 1 unspecified atom stereocenters. The van der Waals surface area contributed by atoms with Crippen LogP contribution in [0, 0.1) is 23.1 Å². The van der Waals surface area contributed by atoms with Crippen molar-refractivity contribution in [3.8, 4) is 0 Å². The molecule has 0 aromatic heterocycles. The highest BCUT2D eigenvalue weighted by molar-refractivity contribution is 6.00. The van der Waals surface area contributed by atoms with Crippen LogP contribution in [0.4, 0.5) is 4.39 Å². The zero-order valence-corrected chi connectivity index (χ0v) is 12.3. The maximum absolute atomic E-state index is 13.0. The number of ketones is 2. The SMILES string of the molecule is CC(=O)[C@H]1C(C(=O)c2ccc(F)cc2)CCCC1(C)C. The summed E-state index contributed by atoms with van der Waals surface area (Å²) in [5.74, 6) is -0.822. The molecule has 1 aliphatic rings. The summed E-state index contributed by atoms with van der Waals surface area (Å²) in [7, 11) is 0. The molecule has 3 heteroatoms. The number of benzene rings is 1. The number of hydrogen-bond acceptors (Lipinski definition) is 2. The second-order valence-electron chi connectivity index (χ2n) is 6.45. The van der Waals surface area contributed by atoms with Crippen LogP contribution in [0.15, 0.2) is 24.3 Å². The van der Waals surface area contributed by atoms with Crippen molar-refractivity contribution in [2.24, 2.45) is 17.3 Å². The third-order valence-corrected chi connectivity index (χ3v) is 4.48. The Morgan fingerprint density at radius 1 is 1.20 bits per heavy atom. The number of carbonyl (C=O) groups is 2. The van der Waals surface area contributed by atoms with Crippen LogP contribution < -0.4 is 0 Å². The van der Waals surface area contributed by atoms with Crippen molar-refractivity contribution in [1.29, 1.82) is 0 Å². The van der Waals surface area contributed by atoms with E-state index in [9.17, 15) is 14.0 Å². The number of halogens is 1. The molecule has 1 aliphatic carbocycles. The molecule has 2 nitrogen and oxygen atoms in total. The molecule has 0 N–H and O–H groups in total. The van der Waals surface area contributed by atoms with E-state index in [-0.39, 0.29) is 34.6 Å². The molecule has 1 saturated carbocycles. The first-order valence-electron chi connectivity index (χ1n) is 7.13. The molecule has 0 amide bonds. The van der Waals surface area contributed by atoms with Crippen molar-refractivity contribution in [3.05, 3.63) is 35.6 Å². The summed E-state index contributed by atoms with van der Waals surface area (Å²) in [6, 6.07) is 5.61. The van der Waals surface area contributed by atoms with Gasteiger partial charge in [-0.15, -0.1) is 0 Å². The highest BCUT2D eigenvalue weighted by Crippen LogP contribution is 2.45. The van der Waals surface area contributed by atoms with E-state index in [1.165, 1.54) is 24.3 Å². The van der Waals surface area contributed by atoms with Crippen molar-refractivity contribution in [3.63, 3.8) is 0 Å². The summed E-state index contributed by atoms with van der Waals surface area (Å²) in [5.41, 5.74) is 0.352. The minimum atomic E-state index is -0.353. The van der Waals surface area contributed by atoms with E-state index >= 15 is 0 Å². The average molecular weight is 276 g/mol. The van der Waals surface area contributed by atoms with Gasteiger partial charge in [0.05, 0.1) is 0 Å². The van der Waals surface area contributed by atoms with Gasteiger partial charge in [-0.2, -0.15) is 0 Å². The third kappa shape index (κ3) is 2.82. The van der Waals surface area contributed by atoms with E-state index < -0.39 is 0 Å². The predicted molar refractivity (Wildman–Crippen MR) is 76.0 cm³/mol. The maximum Gasteiger partial charge on any atom is 0.166 e. The first-order valence-corrected chi connectivity index (χ1v) is 7.13. The van der Waals surface area contributed by atoms with Crippen LogP contribution in [0.1, 0.15) is 50.4 Å². The fourth-order valence-electron chi connectivity index (χ4n) is 3.59. The molecule has 2 atom stereocenters. The molecule has 0 bridgehead atoms. The Morgan fingerprint density at radius 3 is 2.35 bits per heavy atom. The lowest BCUT2D eigenvalue weighted by Gasteiger charge is -2.42. The van der Waals surface area contributed by atoms with Crippen LogP contribution in [0.25, 0.3) is 0 Å². The van der Waals surface area contributed by atoms with Gasteiger partial charge < -0.3 is 0 Å². The van der Waals surface area contributed by atoms with Gasteiger partial charge in [0.25, 0.3) is 0 Å². The lowest BCUT2D eigenvalue weighted by Crippen LogP contribution is -2.42. The van der Waals surface area contributed by atoms with Gasteiger partial charge in [0, 0.05) is 17.4 Å². The normalized spacial score (nSPS) is 25.2. The molecule has 0 heterocycles. The van der Waals surface area contributed by atoms with Crippen LogP contribution in [0.3, 0.4) is 0 Å². The summed E-state index contributed by atoms with van der Waals surface area (Å²) in [5, 5.41) is 0. The van der Waals surface area contributed by atoms with Gasteiger partial charge in [-0.3, -0.25) is 9.59 Å². The Labute approximate surface area is 119 Å². The summed E-state index contributed by atoms with van der Waals surface area (Å²) in [6.07, 6.45) is 2.66. The fraction of sp³-hybridized carbons (Fsp3) is 0.529. The highest BCUT2D eigenvalue weighted by atomic mass is 19.1. The van der Waals surface area contributed by atoms with Gasteiger partial charge in [0.2, 0.25) is 0 Å². The van der Waals surface area contributed by atoms with Crippen LogP contribution in [0.2, 0.25) is 0 Å². The highest BCUT2D eigenvalue weighted by Gasteiger charge is 2.44. The largest absolute Gasteiger partial charge is 0.300 e. The molecular weight excluding hydrogens is 255 g/mol. The first kappa shape index (κ1) is 14.9. The van der Waals surface area contributed by atoms with Gasteiger partial charge in [-0.1, -0.05) is 20.3 Å². The topological polar surface area (TPSA) is 34.1 Å². The maximum atomic E-state index is 13.0. The van der Waals surface area contributed by atoms with Gasteiger partial charge in [-0.25, -0.2) is 4.39 Å². The van der Waals surface area contributed by atoms with Gasteiger partial charge in [0.15, 0.2) is 5.78 Å². The third-order valence-electron chi connectivity index (χ3n) is 4.48. The monoisotopic (exact) mass is 276 g/mol.